The number of rotatable bonds is 5. The van der Waals surface area contributed by atoms with Gasteiger partial charge < -0.3 is 14.5 Å². The smallest absolute Gasteiger partial charge is 0.227 e. The van der Waals surface area contributed by atoms with Gasteiger partial charge >= 0.3 is 0 Å². The lowest BCUT2D eigenvalue weighted by atomic mass is 10.2. The SMILES string of the molecule is Cc1ccc(CS(=O)(=O)N2CCN(c3ccnc(N4CCOCC4)n3)CC2)cc1. The molecule has 1 aromatic heterocycles. The van der Waals surface area contributed by atoms with Crippen LogP contribution in [0.3, 0.4) is 0 Å². The van der Waals surface area contributed by atoms with Gasteiger partial charge in [-0.25, -0.2) is 13.4 Å². The van der Waals surface area contributed by atoms with Crippen molar-refractivity contribution in [3.8, 4) is 0 Å². The van der Waals surface area contributed by atoms with Gasteiger partial charge in [-0.05, 0) is 18.6 Å². The molecular weight excluding hydrogens is 390 g/mol. The summed E-state index contributed by atoms with van der Waals surface area (Å²) in [6.07, 6.45) is 1.77. The van der Waals surface area contributed by atoms with Gasteiger partial charge in [0.05, 0.1) is 19.0 Å². The van der Waals surface area contributed by atoms with Crippen molar-refractivity contribution < 1.29 is 13.2 Å². The lowest BCUT2D eigenvalue weighted by molar-refractivity contribution is 0.122. The Balaban J connectivity index is 1.38. The fourth-order valence-electron chi connectivity index (χ4n) is 3.61. The molecule has 2 aromatic rings. The molecule has 2 aliphatic rings. The summed E-state index contributed by atoms with van der Waals surface area (Å²) in [6, 6.07) is 9.56. The highest BCUT2D eigenvalue weighted by molar-refractivity contribution is 7.88. The van der Waals surface area contributed by atoms with Gasteiger partial charge in [0.15, 0.2) is 0 Å². The zero-order valence-electron chi connectivity index (χ0n) is 16.7. The number of nitrogens with zero attached hydrogens (tertiary/aromatic N) is 5. The average Bonchev–Trinajstić information content (AvgIpc) is 2.76. The predicted molar refractivity (Wildman–Crippen MR) is 113 cm³/mol. The van der Waals surface area contributed by atoms with Gasteiger partial charge in [-0.15, -0.1) is 0 Å². The third-order valence-electron chi connectivity index (χ3n) is 5.35. The van der Waals surface area contributed by atoms with Crippen molar-refractivity contribution in [2.75, 3.05) is 62.3 Å². The van der Waals surface area contributed by atoms with Gasteiger partial charge in [-0.2, -0.15) is 9.29 Å². The van der Waals surface area contributed by atoms with E-state index in [9.17, 15) is 8.42 Å². The van der Waals surface area contributed by atoms with Gasteiger partial charge in [0.25, 0.3) is 0 Å². The summed E-state index contributed by atoms with van der Waals surface area (Å²) in [6.45, 7) is 7.10. The Morgan fingerprint density at radius 1 is 0.931 bits per heavy atom. The molecule has 1 aromatic carbocycles. The van der Waals surface area contributed by atoms with Crippen LogP contribution in [0.1, 0.15) is 11.1 Å². The van der Waals surface area contributed by atoms with Crippen molar-refractivity contribution in [3.63, 3.8) is 0 Å². The molecule has 0 radical (unpaired) electrons. The lowest BCUT2D eigenvalue weighted by Crippen LogP contribution is -2.49. The maximum absolute atomic E-state index is 12.8. The Bertz CT molecular complexity index is 921. The van der Waals surface area contributed by atoms with Gasteiger partial charge in [-0.3, -0.25) is 0 Å². The van der Waals surface area contributed by atoms with Crippen LogP contribution in [-0.2, 0) is 20.5 Å². The first-order chi connectivity index (χ1) is 14.0. The summed E-state index contributed by atoms with van der Waals surface area (Å²) in [7, 11) is -3.33. The number of aromatic nitrogens is 2. The standard InChI is InChI=1S/C20H27N5O3S/c1-17-2-4-18(5-3-17)16-29(26,27)25-10-8-23(9-11-25)19-6-7-21-20(22-19)24-12-14-28-15-13-24/h2-7H,8-16H2,1H3. The Morgan fingerprint density at radius 2 is 1.62 bits per heavy atom. The third kappa shape index (κ3) is 4.85. The lowest BCUT2D eigenvalue weighted by Gasteiger charge is -2.35. The van der Waals surface area contributed by atoms with Gasteiger partial charge in [0, 0.05) is 45.5 Å². The van der Waals surface area contributed by atoms with E-state index in [-0.39, 0.29) is 5.75 Å². The number of anilines is 2. The van der Waals surface area contributed by atoms with Crippen molar-refractivity contribution in [1.29, 1.82) is 0 Å². The number of aryl methyl sites for hydroxylation is 1. The summed E-state index contributed by atoms with van der Waals surface area (Å²) in [5, 5.41) is 0. The first kappa shape index (κ1) is 20.1. The van der Waals surface area contributed by atoms with Crippen LogP contribution in [0.4, 0.5) is 11.8 Å². The summed E-state index contributed by atoms with van der Waals surface area (Å²) in [5.41, 5.74) is 1.95. The number of hydrogen-bond acceptors (Lipinski definition) is 7. The molecule has 9 heteroatoms. The second-order valence-electron chi connectivity index (χ2n) is 7.44. The number of ether oxygens (including phenoxy) is 1. The molecule has 0 unspecified atom stereocenters. The third-order valence-corrected chi connectivity index (χ3v) is 7.20. The molecule has 3 heterocycles. The molecular formula is C20H27N5O3S. The van der Waals surface area contributed by atoms with Crippen LogP contribution >= 0.6 is 0 Å². The molecule has 0 N–H and O–H groups in total. The number of piperazine rings is 1. The van der Waals surface area contributed by atoms with E-state index in [2.05, 4.69) is 14.8 Å². The Hall–Kier alpha value is -2.23. The van der Waals surface area contributed by atoms with Gasteiger partial charge in [0.2, 0.25) is 16.0 Å². The summed E-state index contributed by atoms with van der Waals surface area (Å²) >= 11 is 0. The van der Waals surface area contributed by atoms with E-state index >= 15 is 0 Å². The van der Waals surface area contributed by atoms with Crippen molar-refractivity contribution in [2.24, 2.45) is 0 Å². The van der Waals surface area contributed by atoms with Crippen LogP contribution in [0, 0.1) is 6.92 Å². The first-order valence-corrected chi connectivity index (χ1v) is 11.6. The topological polar surface area (TPSA) is 78.9 Å². The zero-order valence-corrected chi connectivity index (χ0v) is 17.5. The largest absolute Gasteiger partial charge is 0.378 e. The fraction of sp³-hybridized carbons (Fsp3) is 0.500. The minimum atomic E-state index is -3.33. The van der Waals surface area contributed by atoms with E-state index in [1.54, 1.807) is 10.5 Å². The molecule has 4 rings (SSSR count). The number of sulfonamides is 1. The summed E-state index contributed by atoms with van der Waals surface area (Å²) < 4.78 is 32.6. The number of benzene rings is 1. The molecule has 0 bridgehead atoms. The molecule has 2 saturated heterocycles. The highest BCUT2D eigenvalue weighted by Gasteiger charge is 2.28. The molecule has 2 aliphatic heterocycles. The highest BCUT2D eigenvalue weighted by atomic mass is 32.2. The van der Waals surface area contributed by atoms with Crippen LogP contribution in [0.2, 0.25) is 0 Å². The monoisotopic (exact) mass is 417 g/mol. The van der Waals surface area contributed by atoms with E-state index < -0.39 is 10.0 Å². The Morgan fingerprint density at radius 3 is 2.31 bits per heavy atom. The minimum absolute atomic E-state index is 0.0436. The maximum Gasteiger partial charge on any atom is 0.227 e. The summed E-state index contributed by atoms with van der Waals surface area (Å²) in [4.78, 5) is 13.3. The molecule has 0 amide bonds. The molecule has 0 aliphatic carbocycles. The maximum atomic E-state index is 12.8. The number of hydrogen-bond donors (Lipinski definition) is 0. The van der Waals surface area contributed by atoms with E-state index in [0.717, 1.165) is 30.0 Å². The molecule has 2 fully saturated rings. The van der Waals surface area contributed by atoms with Crippen LogP contribution in [0.5, 0.6) is 0 Å². The minimum Gasteiger partial charge on any atom is -0.378 e. The van der Waals surface area contributed by atoms with Crippen LogP contribution in [0.25, 0.3) is 0 Å². The zero-order chi connectivity index (χ0) is 20.3. The molecule has 8 nitrogen and oxygen atoms in total. The first-order valence-electron chi connectivity index (χ1n) is 9.95. The Labute approximate surface area is 172 Å². The molecule has 0 spiro atoms. The normalized spacial score (nSPS) is 18.8. The molecule has 0 atom stereocenters. The van der Waals surface area contributed by atoms with Crippen LogP contribution < -0.4 is 9.80 Å². The second kappa shape index (κ2) is 8.64. The van der Waals surface area contributed by atoms with Gasteiger partial charge in [-0.1, -0.05) is 29.8 Å². The van der Waals surface area contributed by atoms with E-state index in [4.69, 9.17) is 9.72 Å². The summed E-state index contributed by atoms with van der Waals surface area (Å²) in [5.74, 6) is 1.60. The molecule has 29 heavy (non-hydrogen) atoms. The Kier molecular flexibility index (Phi) is 5.98. The van der Waals surface area contributed by atoms with Crippen molar-refractivity contribution >= 4 is 21.8 Å². The van der Waals surface area contributed by atoms with E-state index in [1.807, 2.05) is 37.3 Å². The van der Waals surface area contributed by atoms with Gasteiger partial charge in [0.1, 0.15) is 5.82 Å². The van der Waals surface area contributed by atoms with E-state index in [1.165, 1.54) is 0 Å². The predicted octanol–water partition coefficient (Wildman–Crippen LogP) is 1.27. The highest BCUT2D eigenvalue weighted by Crippen LogP contribution is 2.20. The fourth-order valence-corrected chi connectivity index (χ4v) is 5.13. The molecule has 156 valence electrons. The quantitative estimate of drug-likeness (QED) is 0.725. The molecule has 0 saturated carbocycles. The number of morpholine rings is 1. The second-order valence-corrected chi connectivity index (χ2v) is 9.41. The van der Waals surface area contributed by atoms with Crippen molar-refractivity contribution in [2.45, 2.75) is 12.7 Å². The van der Waals surface area contributed by atoms with E-state index in [0.29, 0.717) is 45.3 Å². The van der Waals surface area contributed by atoms with Crippen molar-refractivity contribution in [1.82, 2.24) is 14.3 Å². The van der Waals surface area contributed by atoms with Crippen molar-refractivity contribution in [3.05, 3.63) is 47.7 Å². The van der Waals surface area contributed by atoms with Crippen LogP contribution in [0.15, 0.2) is 36.5 Å². The average molecular weight is 418 g/mol. The van der Waals surface area contributed by atoms with Crippen LogP contribution in [-0.4, -0.2) is 75.2 Å².